The van der Waals surface area contributed by atoms with E-state index in [1.807, 2.05) is 0 Å². The monoisotopic (exact) mass is 412 g/mol. The molecule has 0 fully saturated rings. The van der Waals surface area contributed by atoms with E-state index in [0.29, 0.717) is 0 Å². The molecule has 0 aliphatic carbocycles. The third kappa shape index (κ3) is 6.38. The summed E-state index contributed by atoms with van der Waals surface area (Å²) in [6.45, 7) is -0.621. The van der Waals surface area contributed by atoms with Crippen LogP contribution in [-0.2, 0) is 6.42 Å². The summed E-state index contributed by atoms with van der Waals surface area (Å²) in [4.78, 5) is 0. The molecule has 1 atom stereocenters. The van der Waals surface area contributed by atoms with Gasteiger partial charge in [-0.05, 0) is 41.8 Å². The molecule has 0 aromatic heterocycles. The van der Waals surface area contributed by atoms with Gasteiger partial charge in [0.25, 0.3) is 0 Å². The van der Waals surface area contributed by atoms with Crippen LogP contribution in [0.3, 0.4) is 0 Å². The van der Waals surface area contributed by atoms with Crippen molar-refractivity contribution in [1.82, 2.24) is 0 Å². The van der Waals surface area contributed by atoms with Gasteiger partial charge in [0, 0.05) is 19.4 Å². The van der Waals surface area contributed by atoms with Crippen molar-refractivity contribution in [2.45, 2.75) is 25.4 Å². The number of ether oxygens (including phenoxy) is 2. The van der Waals surface area contributed by atoms with E-state index in [9.17, 15) is 22.7 Å². The Morgan fingerprint density at radius 2 is 1.38 bits per heavy atom. The molecule has 2 N–H and O–H groups in total. The summed E-state index contributed by atoms with van der Waals surface area (Å²) in [6.07, 6.45) is 4.01. The number of halogens is 4. The minimum absolute atomic E-state index is 0.0296. The molecule has 0 aliphatic heterocycles. The molecule has 0 bridgehead atoms. The Hall–Kier alpha value is -2.76. The lowest BCUT2D eigenvalue weighted by atomic mass is 10.0. The van der Waals surface area contributed by atoms with Gasteiger partial charge in [0.15, 0.2) is 34.8 Å². The van der Waals surface area contributed by atoms with Crippen molar-refractivity contribution in [1.29, 1.82) is 0 Å². The Labute approximate surface area is 165 Å². The predicted molar refractivity (Wildman–Crippen MR) is 97.7 cm³/mol. The van der Waals surface area contributed by atoms with Gasteiger partial charge < -0.3 is 19.7 Å². The van der Waals surface area contributed by atoms with Gasteiger partial charge in [-0.25, -0.2) is 17.6 Å². The van der Waals surface area contributed by atoms with Crippen LogP contribution in [0, 0.1) is 35.6 Å². The maximum atomic E-state index is 14.2. The Balaban J connectivity index is 2.13. The minimum atomic E-state index is -1.07. The summed E-state index contributed by atoms with van der Waals surface area (Å²) in [5, 5.41) is 18.2. The molecule has 4 nitrogen and oxygen atoms in total. The number of aliphatic hydroxyl groups excluding tert-OH is 2. The summed E-state index contributed by atoms with van der Waals surface area (Å²) >= 11 is 0. The van der Waals surface area contributed by atoms with Gasteiger partial charge in [0.2, 0.25) is 0 Å². The molecule has 2 aromatic rings. The van der Waals surface area contributed by atoms with Crippen molar-refractivity contribution in [3.05, 3.63) is 58.7 Å². The van der Waals surface area contributed by atoms with Crippen LogP contribution < -0.4 is 9.47 Å². The van der Waals surface area contributed by atoms with Gasteiger partial charge in [-0.3, -0.25) is 0 Å². The van der Waals surface area contributed by atoms with E-state index >= 15 is 0 Å². The van der Waals surface area contributed by atoms with Crippen LogP contribution >= 0.6 is 0 Å². The van der Waals surface area contributed by atoms with Gasteiger partial charge in [-0.15, -0.1) is 12.3 Å². The van der Waals surface area contributed by atoms with Crippen molar-refractivity contribution in [2.75, 3.05) is 19.8 Å². The highest BCUT2D eigenvalue weighted by atomic mass is 19.1. The standard InChI is InChI=1S/C21H20F4O4/c1-2-4-15(27)12-29-21-18(24)10-14(11-19(21)25)7-13-8-16(22)20(17(23)9-13)28-6-3-5-26/h1,8-11,15,26-27H,3-7,12H2. The molecular weight excluding hydrogens is 392 g/mol. The average Bonchev–Trinajstić information content (AvgIpc) is 2.63. The second kappa shape index (κ2) is 10.7. The van der Waals surface area contributed by atoms with E-state index in [1.165, 1.54) is 0 Å². The molecule has 0 radical (unpaired) electrons. The van der Waals surface area contributed by atoms with Crippen LogP contribution in [0.25, 0.3) is 0 Å². The van der Waals surface area contributed by atoms with Crippen LogP contribution in [0.5, 0.6) is 11.5 Å². The van der Waals surface area contributed by atoms with E-state index in [-0.39, 0.29) is 50.2 Å². The third-order valence-electron chi connectivity index (χ3n) is 3.85. The lowest BCUT2D eigenvalue weighted by Gasteiger charge is -2.13. The highest BCUT2D eigenvalue weighted by Gasteiger charge is 2.17. The Kier molecular flexibility index (Phi) is 8.31. The maximum absolute atomic E-state index is 14.2. The lowest BCUT2D eigenvalue weighted by molar-refractivity contribution is 0.106. The Morgan fingerprint density at radius 1 is 0.897 bits per heavy atom. The Bertz CT molecular complexity index is 833. The van der Waals surface area contributed by atoms with Gasteiger partial charge >= 0.3 is 0 Å². The summed E-state index contributed by atoms with van der Waals surface area (Å²) in [6, 6.07) is 3.97. The first kappa shape index (κ1) is 22.5. The number of hydrogen-bond acceptors (Lipinski definition) is 4. The van der Waals surface area contributed by atoms with Crippen LogP contribution in [-0.4, -0.2) is 36.1 Å². The number of aliphatic hydroxyl groups is 2. The fourth-order valence-corrected chi connectivity index (χ4v) is 2.55. The van der Waals surface area contributed by atoms with Gasteiger partial charge in [-0.2, -0.15) is 0 Å². The molecule has 0 aliphatic rings. The largest absolute Gasteiger partial charge is 0.488 e. The fourth-order valence-electron chi connectivity index (χ4n) is 2.55. The van der Waals surface area contributed by atoms with Crippen molar-refractivity contribution in [3.63, 3.8) is 0 Å². The first-order valence-corrected chi connectivity index (χ1v) is 8.79. The number of rotatable bonds is 10. The van der Waals surface area contributed by atoms with Crippen LogP contribution in [0.4, 0.5) is 17.6 Å². The third-order valence-corrected chi connectivity index (χ3v) is 3.85. The lowest BCUT2D eigenvalue weighted by Crippen LogP contribution is -2.17. The zero-order valence-corrected chi connectivity index (χ0v) is 15.4. The van der Waals surface area contributed by atoms with Gasteiger partial charge in [0.1, 0.15) is 6.61 Å². The van der Waals surface area contributed by atoms with E-state index < -0.39 is 40.9 Å². The van der Waals surface area contributed by atoms with Crippen LogP contribution in [0.2, 0.25) is 0 Å². The molecule has 0 amide bonds. The minimum Gasteiger partial charge on any atom is -0.488 e. The molecule has 0 saturated carbocycles. The second-order valence-corrected chi connectivity index (χ2v) is 6.25. The normalized spacial score (nSPS) is 11.8. The highest BCUT2D eigenvalue weighted by Crippen LogP contribution is 2.28. The Morgan fingerprint density at radius 3 is 1.83 bits per heavy atom. The van der Waals surface area contributed by atoms with E-state index in [1.54, 1.807) is 0 Å². The summed E-state index contributed by atoms with van der Waals surface area (Å²) < 4.78 is 66.4. The number of hydrogen-bond donors (Lipinski definition) is 2. The van der Waals surface area contributed by atoms with E-state index in [2.05, 4.69) is 5.92 Å². The fraction of sp³-hybridized carbons (Fsp3) is 0.333. The maximum Gasteiger partial charge on any atom is 0.190 e. The first-order valence-electron chi connectivity index (χ1n) is 8.79. The first-order chi connectivity index (χ1) is 13.8. The SMILES string of the molecule is C#CCC(O)COc1c(F)cc(Cc2cc(F)c(OCCCO)c(F)c2)cc1F. The molecule has 2 rings (SSSR count). The summed E-state index contributed by atoms with van der Waals surface area (Å²) in [5.74, 6) is -2.99. The predicted octanol–water partition coefficient (Wildman–Crippen LogP) is 3.36. The molecule has 8 heteroatoms. The zero-order chi connectivity index (χ0) is 21.4. The van der Waals surface area contributed by atoms with Crippen molar-refractivity contribution >= 4 is 0 Å². The molecule has 29 heavy (non-hydrogen) atoms. The quantitative estimate of drug-likeness (QED) is 0.357. The molecule has 1 unspecified atom stereocenters. The van der Waals surface area contributed by atoms with Crippen molar-refractivity contribution in [3.8, 4) is 23.8 Å². The van der Waals surface area contributed by atoms with Gasteiger partial charge in [-0.1, -0.05) is 0 Å². The highest BCUT2D eigenvalue weighted by molar-refractivity contribution is 5.37. The zero-order valence-electron chi connectivity index (χ0n) is 15.4. The topological polar surface area (TPSA) is 58.9 Å². The molecule has 156 valence electrons. The van der Waals surface area contributed by atoms with Crippen LogP contribution in [0.1, 0.15) is 24.0 Å². The van der Waals surface area contributed by atoms with Gasteiger partial charge in [0.05, 0.1) is 12.7 Å². The molecular formula is C21H20F4O4. The average molecular weight is 412 g/mol. The molecule has 0 heterocycles. The molecule has 2 aromatic carbocycles. The molecule has 0 saturated heterocycles. The summed E-state index contributed by atoms with van der Waals surface area (Å²) in [7, 11) is 0. The van der Waals surface area contributed by atoms with E-state index in [4.69, 9.17) is 21.0 Å². The second-order valence-electron chi connectivity index (χ2n) is 6.25. The van der Waals surface area contributed by atoms with Crippen molar-refractivity contribution in [2.24, 2.45) is 0 Å². The smallest absolute Gasteiger partial charge is 0.190 e. The number of benzene rings is 2. The van der Waals surface area contributed by atoms with Crippen molar-refractivity contribution < 1.29 is 37.2 Å². The van der Waals surface area contributed by atoms with E-state index in [0.717, 1.165) is 24.3 Å². The number of terminal acetylenes is 1. The summed E-state index contributed by atoms with van der Waals surface area (Å²) in [5.41, 5.74) is 0.274. The molecule has 0 spiro atoms. The van der Waals surface area contributed by atoms with Crippen LogP contribution in [0.15, 0.2) is 24.3 Å².